The summed E-state index contributed by atoms with van der Waals surface area (Å²) in [6.07, 6.45) is 2.19. The number of hydrogen-bond donors (Lipinski definition) is 1. The maximum atomic E-state index is 6.89. The van der Waals surface area contributed by atoms with E-state index in [1.54, 1.807) is 0 Å². The Balaban J connectivity index is 1.03. The Labute approximate surface area is 330 Å². The van der Waals surface area contributed by atoms with Gasteiger partial charge in [0.25, 0.3) is 0 Å². The molecular weight excluding hydrogens is 675 g/mol. The molecule has 0 saturated carbocycles. The lowest BCUT2D eigenvalue weighted by molar-refractivity contribution is 0.563. The van der Waals surface area contributed by atoms with Crippen LogP contribution in [0.5, 0.6) is 0 Å². The summed E-state index contributed by atoms with van der Waals surface area (Å²) in [5.41, 5.74) is 26.2. The molecule has 2 N–H and O–H groups in total. The zero-order valence-electron chi connectivity index (χ0n) is 31.8. The van der Waals surface area contributed by atoms with Crippen molar-refractivity contribution in [2.75, 3.05) is 0 Å². The second-order valence-electron chi connectivity index (χ2n) is 15.9. The van der Waals surface area contributed by atoms with Crippen molar-refractivity contribution in [1.29, 1.82) is 0 Å². The van der Waals surface area contributed by atoms with Gasteiger partial charge >= 0.3 is 0 Å². The van der Waals surface area contributed by atoms with Gasteiger partial charge < -0.3 is 5.73 Å². The fraction of sp³-hybridized carbons (Fsp3) is 0.0909. The molecule has 0 fully saturated rings. The molecule has 0 bridgehead atoms. The summed E-state index contributed by atoms with van der Waals surface area (Å²) < 4.78 is 0. The van der Waals surface area contributed by atoms with Crippen molar-refractivity contribution in [3.05, 3.63) is 256 Å². The van der Waals surface area contributed by atoms with Crippen molar-refractivity contribution in [2.24, 2.45) is 5.73 Å². The third kappa shape index (κ3) is 5.23. The minimum atomic E-state index is -0.404. The fourth-order valence-corrected chi connectivity index (χ4v) is 9.75. The molecule has 8 aromatic carbocycles. The van der Waals surface area contributed by atoms with Gasteiger partial charge in [0.05, 0.1) is 5.41 Å². The highest BCUT2D eigenvalue weighted by atomic mass is 14.6. The summed E-state index contributed by atoms with van der Waals surface area (Å²) >= 11 is 0. The first-order valence-corrected chi connectivity index (χ1v) is 19.7. The first-order chi connectivity index (χ1) is 27.4. The minimum absolute atomic E-state index is 0.0571. The fourth-order valence-electron chi connectivity index (χ4n) is 9.75. The molecule has 2 aliphatic rings. The minimum Gasteiger partial charge on any atom is -0.398 e. The number of allylic oxidation sites excluding steroid dienone is 1. The molecule has 0 atom stereocenters. The lowest BCUT2D eigenvalue weighted by atomic mass is 9.55. The van der Waals surface area contributed by atoms with Gasteiger partial charge in [-0.1, -0.05) is 202 Å². The summed E-state index contributed by atoms with van der Waals surface area (Å²) in [5, 5.41) is 0. The van der Waals surface area contributed by atoms with E-state index in [2.05, 4.69) is 220 Å². The van der Waals surface area contributed by atoms with Gasteiger partial charge in [0.2, 0.25) is 0 Å². The van der Waals surface area contributed by atoms with Crippen LogP contribution in [0.25, 0.3) is 39.1 Å². The van der Waals surface area contributed by atoms with Crippen LogP contribution < -0.4 is 5.73 Å². The topological polar surface area (TPSA) is 26.0 Å². The van der Waals surface area contributed by atoms with Crippen molar-refractivity contribution >= 4 is 5.70 Å². The quantitative estimate of drug-likeness (QED) is 0.182. The van der Waals surface area contributed by atoms with Crippen LogP contribution in [0.15, 0.2) is 206 Å². The average molecular weight is 718 g/mol. The van der Waals surface area contributed by atoms with Crippen LogP contribution in [0.3, 0.4) is 0 Å². The molecule has 0 radical (unpaired) electrons. The summed E-state index contributed by atoms with van der Waals surface area (Å²) in [4.78, 5) is 0. The van der Waals surface area contributed by atoms with Crippen LogP contribution in [-0.2, 0) is 10.8 Å². The Morgan fingerprint density at radius 1 is 0.411 bits per heavy atom. The molecule has 1 heteroatoms. The number of benzene rings is 8. The number of nitrogens with two attached hydrogens (primary N) is 1. The van der Waals surface area contributed by atoms with Gasteiger partial charge in [0.15, 0.2) is 0 Å². The molecule has 0 saturated heterocycles. The average Bonchev–Trinajstić information content (AvgIpc) is 3.56. The highest BCUT2D eigenvalue weighted by Gasteiger charge is 2.53. The Morgan fingerprint density at radius 3 is 1.46 bits per heavy atom. The van der Waals surface area contributed by atoms with Gasteiger partial charge in [-0.2, -0.15) is 0 Å². The van der Waals surface area contributed by atoms with Crippen LogP contribution in [0.1, 0.15) is 69.8 Å². The summed E-state index contributed by atoms with van der Waals surface area (Å²) in [7, 11) is 0. The molecule has 268 valence electrons. The van der Waals surface area contributed by atoms with E-state index in [-0.39, 0.29) is 11.3 Å². The molecule has 56 heavy (non-hydrogen) atoms. The number of hydrogen-bond acceptors (Lipinski definition) is 1. The van der Waals surface area contributed by atoms with E-state index in [9.17, 15) is 0 Å². The third-order valence-electron chi connectivity index (χ3n) is 12.5. The third-order valence-corrected chi connectivity index (χ3v) is 12.5. The lowest BCUT2D eigenvalue weighted by Gasteiger charge is -2.46. The molecule has 0 aliphatic heterocycles. The van der Waals surface area contributed by atoms with E-state index in [0.717, 1.165) is 22.4 Å². The normalized spacial score (nSPS) is 14.5. The summed E-state index contributed by atoms with van der Waals surface area (Å²) in [6, 6.07) is 73.3. The van der Waals surface area contributed by atoms with Crippen LogP contribution in [0.4, 0.5) is 0 Å². The highest BCUT2D eigenvalue weighted by Crippen LogP contribution is 2.62. The first-order valence-electron chi connectivity index (χ1n) is 19.7. The van der Waals surface area contributed by atoms with Crippen molar-refractivity contribution < 1.29 is 0 Å². The summed E-state index contributed by atoms with van der Waals surface area (Å²) in [5.74, 6) is 0.0571. The Kier molecular flexibility index (Phi) is 8.01. The van der Waals surface area contributed by atoms with Crippen LogP contribution in [0, 0.1) is 0 Å². The maximum Gasteiger partial charge on any atom is 0.0719 e. The van der Waals surface area contributed by atoms with Crippen LogP contribution in [-0.4, -0.2) is 0 Å². The largest absolute Gasteiger partial charge is 0.398 e. The SMILES string of the molecule is CC1(C)c2ccccc2C2(c3ccccc3-c3ccc(-c4ccc(-c5cccc(/C(N)=C/C(c6ccccc6)c6ccccc6)c5)cc4)cc32)c2ccccc21. The predicted octanol–water partition coefficient (Wildman–Crippen LogP) is 13.2. The van der Waals surface area contributed by atoms with Crippen molar-refractivity contribution in [1.82, 2.24) is 0 Å². The highest BCUT2D eigenvalue weighted by molar-refractivity contribution is 5.90. The van der Waals surface area contributed by atoms with Crippen LogP contribution in [0.2, 0.25) is 0 Å². The van der Waals surface area contributed by atoms with Gasteiger partial charge in [0, 0.05) is 17.0 Å². The zero-order chi connectivity index (χ0) is 37.9. The molecule has 0 unspecified atom stereocenters. The molecule has 8 aromatic rings. The van der Waals surface area contributed by atoms with Crippen molar-refractivity contribution in [3.8, 4) is 33.4 Å². The Hall–Kier alpha value is -6.70. The number of rotatable bonds is 6. The Bertz CT molecular complexity index is 2680. The summed E-state index contributed by atoms with van der Waals surface area (Å²) in [6.45, 7) is 4.76. The monoisotopic (exact) mass is 717 g/mol. The van der Waals surface area contributed by atoms with E-state index in [1.165, 1.54) is 66.8 Å². The van der Waals surface area contributed by atoms with Crippen molar-refractivity contribution in [3.63, 3.8) is 0 Å². The van der Waals surface area contributed by atoms with Gasteiger partial charge in [-0.05, 0) is 102 Å². The standard InChI is InChI=1S/C55H43N/c1-54(2)48-24-11-13-26-50(48)55(51-27-14-12-25-49(51)54)47-23-10-9-22-44(47)45-33-32-42(35-52(45)55)38-30-28-37(29-31-38)41-20-15-21-43(34-41)53(56)36-46(39-16-5-3-6-17-39)40-18-7-4-8-19-40/h3-36,46H,56H2,1-2H3/b53-36-. The van der Waals surface area contributed by atoms with E-state index < -0.39 is 5.41 Å². The molecule has 0 amide bonds. The van der Waals surface area contributed by atoms with Gasteiger partial charge in [0.1, 0.15) is 0 Å². The molecule has 0 heterocycles. The molecule has 1 nitrogen and oxygen atoms in total. The molecule has 2 aliphatic carbocycles. The lowest BCUT2D eigenvalue weighted by Crippen LogP contribution is -2.40. The van der Waals surface area contributed by atoms with Gasteiger partial charge in [-0.15, -0.1) is 0 Å². The molecule has 1 spiro atoms. The first kappa shape index (κ1) is 33.8. The molecule has 0 aromatic heterocycles. The van der Waals surface area contributed by atoms with Crippen LogP contribution >= 0.6 is 0 Å². The van der Waals surface area contributed by atoms with Gasteiger partial charge in [-0.3, -0.25) is 0 Å². The zero-order valence-corrected chi connectivity index (χ0v) is 31.8. The van der Waals surface area contributed by atoms with E-state index >= 15 is 0 Å². The second kappa shape index (κ2) is 13.3. The molecular formula is C55H43N. The predicted molar refractivity (Wildman–Crippen MR) is 234 cm³/mol. The van der Waals surface area contributed by atoms with E-state index in [0.29, 0.717) is 0 Å². The molecule has 10 rings (SSSR count). The van der Waals surface area contributed by atoms with E-state index in [4.69, 9.17) is 5.73 Å². The maximum absolute atomic E-state index is 6.89. The van der Waals surface area contributed by atoms with E-state index in [1.807, 2.05) is 0 Å². The Morgan fingerprint density at radius 2 is 0.875 bits per heavy atom. The smallest absolute Gasteiger partial charge is 0.0719 e. The second-order valence-corrected chi connectivity index (χ2v) is 15.9. The van der Waals surface area contributed by atoms with Crippen molar-refractivity contribution in [2.45, 2.75) is 30.6 Å². The van der Waals surface area contributed by atoms with Gasteiger partial charge in [-0.25, -0.2) is 0 Å². The number of fused-ring (bicyclic) bond motifs is 9.